The molecule has 0 aromatic rings. The van der Waals surface area contributed by atoms with Crippen LogP contribution >= 0.6 is 0 Å². The predicted octanol–water partition coefficient (Wildman–Crippen LogP) is 0.689. The van der Waals surface area contributed by atoms with E-state index >= 15 is 0 Å². The molecule has 0 bridgehead atoms. The summed E-state index contributed by atoms with van der Waals surface area (Å²) in [5, 5.41) is 9.14. The maximum Gasteiger partial charge on any atom is 0.311 e. The summed E-state index contributed by atoms with van der Waals surface area (Å²) in [7, 11) is -3.37. The van der Waals surface area contributed by atoms with E-state index < -0.39 is 21.4 Å². The number of carboxylic acids is 1. The van der Waals surface area contributed by atoms with Crippen molar-refractivity contribution < 1.29 is 18.3 Å². The molecule has 16 heavy (non-hydrogen) atoms. The molecule has 1 heterocycles. The van der Waals surface area contributed by atoms with Crippen molar-refractivity contribution >= 4 is 16.0 Å². The largest absolute Gasteiger partial charge is 0.481 e. The van der Waals surface area contributed by atoms with Crippen molar-refractivity contribution in [3.8, 4) is 0 Å². The third-order valence-electron chi connectivity index (χ3n) is 3.17. The Morgan fingerprint density at radius 2 is 2.25 bits per heavy atom. The average Bonchev–Trinajstić information content (AvgIpc) is 2.63. The van der Waals surface area contributed by atoms with E-state index in [0.29, 0.717) is 12.8 Å². The van der Waals surface area contributed by atoms with Crippen LogP contribution in [0.4, 0.5) is 0 Å². The fourth-order valence-corrected chi connectivity index (χ4v) is 3.26. The zero-order chi connectivity index (χ0) is 12.4. The van der Waals surface area contributed by atoms with E-state index in [1.165, 1.54) is 10.4 Å². The van der Waals surface area contributed by atoms with Crippen molar-refractivity contribution in [1.29, 1.82) is 0 Å². The molecule has 1 atom stereocenters. The minimum absolute atomic E-state index is 0.0784. The van der Waals surface area contributed by atoms with E-state index in [2.05, 4.69) is 6.58 Å². The predicted molar refractivity (Wildman–Crippen MR) is 60.5 cm³/mol. The van der Waals surface area contributed by atoms with Crippen LogP contribution in [0, 0.1) is 5.41 Å². The molecular formula is C10H17NO4S. The number of hydrogen-bond donors (Lipinski definition) is 1. The minimum atomic E-state index is -3.37. The molecule has 1 N–H and O–H groups in total. The lowest BCUT2D eigenvalue weighted by Gasteiger charge is -2.22. The van der Waals surface area contributed by atoms with Crippen LogP contribution in [0.1, 0.15) is 19.8 Å². The number of sulfonamides is 1. The number of nitrogens with zero attached hydrogens (tertiary/aromatic N) is 1. The zero-order valence-electron chi connectivity index (χ0n) is 9.35. The number of carboxylic acid groups (broad SMARTS) is 1. The molecule has 1 aliphatic rings. The van der Waals surface area contributed by atoms with Crippen LogP contribution in [0.15, 0.2) is 12.7 Å². The SMILES string of the molecule is C=CCS(=O)(=O)N1CCC(CC)(C(=O)O)C1. The fourth-order valence-electron chi connectivity index (χ4n) is 1.94. The third-order valence-corrected chi connectivity index (χ3v) is 4.93. The molecule has 1 aliphatic heterocycles. The molecule has 1 rings (SSSR count). The maximum absolute atomic E-state index is 11.7. The Kier molecular flexibility index (Phi) is 3.75. The Morgan fingerprint density at radius 3 is 2.62 bits per heavy atom. The first-order valence-electron chi connectivity index (χ1n) is 5.20. The topological polar surface area (TPSA) is 74.7 Å². The first kappa shape index (κ1) is 13.2. The summed E-state index contributed by atoms with van der Waals surface area (Å²) in [5.41, 5.74) is -0.908. The Labute approximate surface area is 95.8 Å². The average molecular weight is 247 g/mol. The highest BCUT2D eigenvalue weighted by Crippen LogP contribution is 2.35. The van der Waals surface area contributed by atoms with Crippen molar-refractivity contribution in [3.05, 3.63) is 12.7 Å². The molecule has 5 nitrogen and oxygen atoms in total. The van der Waals surface area contributed by atoms with Crippen LogP contribution in [-0.2, 0) is 14.8 Å². The molecule has 6 heteroatoms. The molecule has 1 saturated heterocycles. The summed E-state index contributed by atoms with van der Waals surface area (Å²) >= 11 is 0. The highest BCUT2D eigenvalue weighted by atomic mass is 32.2. The van der Waals surface area contributed by atoms with Crippen LogP contribution < -0.4 is 0 Å². The molecule has 0 aromatic carbocycles. The van der Waals surface area contributed by atoms with Crippen molar-refractivity contribution in [2.24, 2.45) is 5.41 Å². The van der Waals surface area contributed by atoms with Gasteiger partial charge >= 0.3 is 5.97 Å². The molecule has 0 amide bonds. The maximum atomic E-state index is 11.7. The summed E-state index contributed by atoms with van der Waals surface area (Å²) in [4.78, 5) is 11.1. The van der Waals surface area contributed by atoms with Gasteiger partial charge in [-0.05, 0) is 12.8 Å². The fraction of sp³-hybridized carbons (Fsp3) is 0.700. The van der Waals surface area contributed by atoms with E-state index in [0.717, 1.165) is 0 Å². The van der Waals surface area contributed by atoms with Gasteiger partial charge in [-0.2, -0.15) is 0 Å². The molecule has 0 spiro atoms. The second-order valence-electron chi connectivity index (χ2n) is 4.09. The van der Waals surface area contributed by atoms with Gasteiger partial charge in [0.25, 0.3) is 0 Å². The Hall–Kier alpha value is -0.880. The van der Waals surface area contributed by atoms with Crippen molar-refractivity contribution in [3.63, 3.8) is 0 Å². The summed E-state index contributed by atoms with van der Waals surface area (Å²) in [6.07, 6.45) is 2.15. The number of aliphatic carboxylic acids is 1. The number of carbonyl (C=O) groups is 1. The van der Waals surface area contributed by atoms with Crippen molar-refractivity contribution in [2.45, 2.75) is 19.8 Å². The van der Waals surface area contributed by atoms with Gasteiger partial charge in [-0.1, -0.05) is 13.0 Å². The van der Waals surface area contributed by atoms with Gasteiger partial charge in [0.15, 0.2) is 0 Å². The first-order valence-corrected chi connectivity index (χ1v) is 6.81. The Balaban J connectivity index is 2.86. The van der Waals surface area contributed by atoms with Gasteiger partial charge in [-0.3, -0.25) is 4.79 Å². The van der Waals surface area contributed by atoms with E-state index in [1.807, 2.05) is 0 Å². The van der Waals surface area contributed by atoms with Crippen LogP contribution in [-0.4, -0.2) is 42.6 Å². The summed E-state index contributed by atoms with van der Waals surface area (Å²) < 4.78 is 24.7. The van der Waals surface area contributed by atoms with Gasteiger partial charge in [0, 0.05) is 13.1 Å². The quantitative estimate of drug-likeness (QED) is 0.725. The third kappa shape index (κ3) is 2.27. The van der Waals surface area contributed by atoms with E-state index in [4.69, 9.17) is 5.11 Å². The van der Waals surface area contributed by atoms with Crippen LogP contribution in [0.2, 0.25) is 0 Å². The normalized spacial score (nSPS) is 26.8. The summed E-state index contributed by atoms with van der Waals surface area (Å²) in [5.74, 6) is -1.04. The first-order chi connectivity index (χ1) is 7.38. The Bertz CT molecular complexity index is 390. The number of hydrogen-bond acceptors (Lipinski definition) is 3. The van der Waals surface area contributed by atoms with Gasteiger partial charge in [-0.15, -0.1) is 6.58 Å². The monoisotopic (exact) mass is 247 g/mol. The molecule has 1 fully saturated rings. The highest BCUT2D eigenvalue weighted by Gasteiger charge is 2.46. The van der Waals surface area contributed by atoms with E-state index in [1.54, 1.807) is 6.92 Å². The lowest BCUT2D eigenvalue weighted by Crippen LogP contribution is -2.37. The van der Waals surface area contributed by atoms with Crippen LogP contribution in [0.5, 0.6) is 0 Å². The smallest absolute Gasteiger partial charge is 0.311 e. The molecule has 1 unspecified atom stereocenters. The van der Waals surface area contributed by atoms with E-state index in [9.17, 15) is 13.2 Å². The molecule has 0 radical (unpaired) electrons. The van der Waals surface area contributed by atoms with Crippen molar-refractivity contribution in [1.82, 2.24) is 4.31 Å². The molecule has 0 aliphatic carbocycles. The van der Waals surface area contributed by atoms with Crippen LogP contribution in [0.25, 0.3) is 0 Å². The van der Waals surface area contributed by atoms with Gasteiger partial charge in [0.05, 0.1) is 11.2 Å². The summed E-state index contributed by atoms with van der Waals surface area (Å²) in [6, 6.07) is 0. The van der Waals surface area contributed by atoms with Gasteiger partial charge in [0.1, 0.15) is 0 Å². The lowest BCUT2D eigenvalue weighted by atomic mass is 9.85. The standard InChI is InChI=1S/C10H17NO4S/c1-3-7-16(14,15)11-6-5-10(4-2,8-11)9(12)13/h3H,1,4-8H2,2H3,(H,12,13). The van der Waals surface area contributed by atoms with Gasteiger partial charge in [0.2, 0.25) is 10.0 Å². The van der Waals surface area contributed by atoms with E-state index in [-0.39, 0.29) is 18.8 Å². The molecule has 92 valence electrons. The second kappa shape index (κ2) is 4.55. The lowest BCUT2D eigenvalue weighted by molar-refractivity contribution is -0.148. The Morgan fingerprint density at radius 1 is 1.62 bits per heavy atom. The van der Waals surface area contributed by atoms with Crippen LogP contribution in [0.3, 0.4) is 0 Å². The second-order valence-corrected chi connectivity index (χ2v) is 6.10. The van der Waals surface area contributed by atoms with Crippen molar-refractivity contribution in [2.75, 3.05) is 18.8 Å². The number of rotatable bonds is 5. The zero-order valence-corrected chi connectivity index (χ0v) is 10.2. The highest BCUT2D eigenvalue weighted by molar-refractivity contribution is 7.89. The molecule has 0 aromatic heterocycles. The summed E-state index contributed by atoms with van der Waals surface area (Å²) in [6.45, 7) is 5.53. The molecule has 0 saturated carbocycles. The van der Waals surface area contributed by atoms with Gasteiger partial charge < -0.3 is 5.11 Å². The molecular weight excluding hydrogens is 230 g/mol. The minimum Gasteiger partial charge on any atom is -0.481 e. The van der Waals surface area contributed by atoms with Gasteiger partial charge in [-0.25, -0.2) is 12.7 Å².